The van der Waals surface area contributed by atoms with E-state index in [-0.39, 0.29) is 16.7 Å². The van der Waals surface area contributed by atoms with Gasteiger partial charge >= 0.3 is 0 Å². The molecule has 24 heavy (non-hydrogen) atoms. The number of phenolic OH excluding ortho intramolecular Hbond substituents is 1. The van der Waals surface area contributed by atoms with Crippen LogP contribution in [0.15, 0.2) is 36.4 Å². The average molecular weight is 344 g/mol. The van der Waals surface area contributed by atoms with E-state index in [0.717, 1.165) is 11.3 Å². The van der Waals surface area contributed by atoms with E-state index in [1.807, 2.05) is 38.1 Å². The lowest BCUT2D eigenvalue weighted by atomic mass is 10.0. The van der Waals surface area contributed by atoms with E-state index < -0.39 is 0 Å². The number of amides is 1. The highest BCUT2D eigenvalue weighted by atomic mass is 35.5. The molecule has 0 radical (unpaired) electrons. The fourth-order valence-electron chi connectivity index (χ4n) is 2.87. The Balaban J connectivity index is 2.11. The summed E-state index contributed by atoms with van der Waals surface area (Å²) in [6.07, 6.45) is 1.78. The second kappa shape index (κ2) is 6.57. The number of para-hydroxylation sites is 1. The van der Waals surface area contributed by atoms with Crippen molar-refractivity contribution < 1.29 is 14.6 Å². The van der Waals surface area contributed by atoms with Crippen molar-refractivity contribution in [2.75, 3.05) is 18.1 Å². The molecule has 0 atom stereocenters. The van der Waals surface area contributed by atoms with Crippen LogP contribution < -0.4 is 9.64 Å². The molecule has 4 nitrogen and oxygen atoms in total. The Kier molecular flexibility index (Phi) is 4.49. The molecule has 0 bridgehead atoms. The average Bonchev–Trinajstić information content (AvgIpc) is 2.84. The summed E-state index contributed by atoms with van der Waals surface area (Å²) in [5, 5.41) is 10.1. The normalized spacial score (nSPS) is 15.0. The van der Waals surface area contributed by atoms with Crippen LogP contribution in [-0.2, 0) is 4.79 Å². The molecule has 3 rings (SSSR count). The van der Waals surface area contributed by atoms with E-state index in [0.29, 0.717) is 30.0 Å². The van der Waals surface area contributed by atoms with E-state index in [4.69, 9.17) is 16.3 Å². The highest BCUT2D eigenvalue weighted by molar-refractivity contribution is 6.36. The van der Waals surface area contributed by atoms with Crippen LogP contribution in [0.2, 0.25) is 5.02 Å². The Morgan fingerprint density at radius 3 is 2.71 bits per heavy atom. The van der Waals surface area contributed by atoms with Crippen LogP contribution in [0.5, 0.6) is 11.5 Å². The van der Waals surface area contributed by atoms with Crippen molar-refractivity contribution in [3.8, 4) is 11.5 Å². The first-order chi connectivity index (χ1) is 11.6. The fraction of sp³-hybridized carbons (Fsp3) is 0.211. The van der Waals surface area contributed by atoms with Crippen molar-refractivity contribution in [1.82, 2.24) is 0 Å². The van der Waals surface area contributed by atoms with Crippen molar-refractivity contribution in [3.63, 3.8) is 0 Å². The fourth-order valence-corrected chi connectivity index (χ4v) is 3.09. The minimum absolute atomic E-state index is 0.0409. The van der Waals surface area contributed by atoms with Gasteiger partial charge in [0.1, 0.15) is 0 Å². The van der Waals surface area contributed by atoms with Gasteiger partial charge in [0.25, 0.3) is 5.91 Å². The topological polar surface area (TPSA) is 49.8 Å². The molecule has 1 amide bonds. The maximum Gasteiger partial charge on any atom is 0.258 e. The molecule has 1 N–H and O–H groups in total. The lowest BCUT2D eigenvalue weighted by Crippen LogP contribution is -2.25. The number of anilines is 1. The van der Waals surface area contributed by atoms with Crippen LogP contribution in [0.1, 0.15) is 25.0 Å². The number of likely N-dealkylation sites (N-methyl/N-ethyl adjacent to an activating group) is 1. The summed E-state index contributed by atoms with van der Waals surface area (Å²) in [6, 6.07) is 11.0. The SMILES string of the molecule is CCOc1cc(/C=C2\C(=O)N(CC)c3ccccc32)cc(Cl)c1O. The molecule has 0 aliphatic carbocycles. The van der Waals surface area contributed by atoms with Crippen LogP contribution in [-0.4, -0.2) is 24.2 Å². The van der Waals surface area contributed by atoms with E-state index in [2.05, 4.69) is 0 Å². The van der Waals surface area contributed by atoms with Crippen molar-refractivity contribution in [3.05, 3.63) is 52.5 Å². The summed E-state index contributed by atoms with van der Waals surface area (Å²) in [4.78, 5) is 14.4. The molecule has 0 saturated carbocycles. The second-order valence-electron chi connectivity index (χ2n) is 5.41. The summed E-state index contributed by atoms with van der Waals surface area (Å²) in [7, 11) is 0. The Morgan fingerprint density at radius 1 is 1.25 bits per heavy atom. The Labute approximate surface area is 145 Å². The molecule has 0 saturated heterocycles. The van der Waals surface area contributed by atoms with Crippen LogP contribution in [0.25, 0.3) is 11.6 Å². The number of fused-ring (bicyclic) bond motifs is 1. The van der Waals surface area contributed by atoms with Gasteiger partial charge in [0.2, 0.25) is 0 Å². The lowest BCUT2D eigenvalue weighted by Gasteiger charge is -2.13. The molecular weight excluding hydrogens is 326 g/mol. The quantitative estimate of drug-likeness (QED) is 0.839. The van der Waals surface area contributed by atoms with Crippen LogP contribution >= 0.6 is 11.6 Å². The molecule has 1 aliphatic rings. The number of halogens is 1. The third kappa shape index (κ3) is 2.74. The van der Waals surface area contributed by atoms with E-state index >= 15 is 0 Å². The van der Waals surface area contributed by atoms with Gasteiger partial charge in [-0.25, -0.2) is 0 Å². The van der Waals surface area contributed by atoms with Gasteiger partial charge < -0.3 is 14.7 Å². The van der Waals surface area contributed by atoms with Gasteiger partial charge in [0.15, 0.2) is 11.5 Å². The second-order valence-corrected chi connectivity index (χ2v) is 5.81. The lowest BCUT2D eigenvalue weighted by molar-refractivity contribution is -0.112. The summed E-state index contributed by atoms with van der Waals surface area (Å²) >= 11 is 6.08. The molecule has 0 spiro atoms. The summed E-state index contributed by atoms with van der Waals surface area (Å²) in [5.74, 6) is 0.179. The number of phenols is 1. The van der Waals surface area contributed by atoms with Gasteiger partial charge in [0, 0.05) is 17.7 Å². The molecule has 2 aromatic carbocycles. The molecule has 5 heteroatoms. The number of hydrogen-bond acceptors (Lipinski definition) is 3. The summed E-state index contributed by atoms with van der Waals surface area (Å²) in [6.45, 7) is 4.79. The number of hydrogen-bond donors (Lipinski definition) is 1. The first kappa shape index (κ1) is 16.4. The standard InChI is InChI=1S/C19H18ClNO3/c1-3-21-16-8-6-5-7-13(16)14(19(21)23)9-12-10-15(20)18(22)17(11-12)24-4-2/h5-11,22H,3-4H2,1-2H3/b14-9-. The van der Waals surface area contributed by atoms with Crippen LogP contribution in [0.3, 0.4) is 0 Å². The summed E-state index contributed by atoms with van der Waals surface area (Å²) < 4.78 is 5.40. The number of nitrogens with zero attached hydrogens (tertiary/aromatic N) is 1. The van der Waals surface area contributed by atoms with Crippen molar-refractivity contribution in [2.45, 2.75) is 13.8 Å². The van der Waals surface area contributed by atoms with Gasteiger partial charge in [-0.1, -0.05) is 29.8 Å². The maximum atomic E-state index is 12.7. The highest BCUT2D eigenvalue weighted by Gasteiger charge is 2.30. The smallest absolute Gasteiger partial charge is 0.258 e. The molecule has 0 fully saturated rings. The summed E-state index contributed by atoms with van der Waals surface area (Å²) in [5.41, 5.74) is 3.12. The Hall–Kier alpha value is -2.46. The molecule has 0 unspecified atom stereocenters. The van der Waals surface area contributed by atoms with Crippen molar-refractivity contribution >= 4 is 34.8 Å². The van der Waals surface area contributed by atoms with Gasteiger partial charge in [-0.15, -0.1) is 0 Å². The molecule has 2 aromatic rings. The van der Waals surface area contributed by atoms with Gasteiger partial charge in [-0.2, -0.15) is 0 Å². The zero-order valence-corrected chi connectivity index (χ0v) is 14.3. The minimum Gasteiger partial charge on any atom is -0.503 e. The largest absolute Gasteiger partial charge is 0.503 e. The van der Waals surface area contributed by atoms with Crippen LogP contribution in [0, 0.1) is 0 Å². The van der Waals surface area contributed by atoms with E-state index in [1.54, 1.807) is 23.1 Å². The van der Waals surface area contributed by atoms with Crippen LogP contribution in [0.4, 0.5) is 5.69 Å². The zero-order valence-electron chi connectivity index (χ0n) is 13.5. The number of aromatic hydroxyl groups is 1. The van der Waals surface area contributed by atoms with Gasteiger partial charge in [-0.05, 0) is 43.7 Å². The first-order valence-electron chi connectivity index (χ1n) is 7.85. The van der Waals surface area contributed by atoms with E-state index in [9.17, 15) is 9.90 Å². The Bertz CT molecular complexity index is 829. The van der Waals surface area contributed by atoms with E-state index in [1.165, 1.54) is 0 Å². The molecule has 124 valence electrons. The third-order valence-corrected chi connectivity index (χ3v) is 4.23. The molecule has 1 aliphatic heterocycles. The molecule has 0 aromatic heterocycles. The zero-order chi connectivity index (χ0) is 17.3. The first-order valence-corrected chi connectivity index (χ1v) is 8.22. The number of benzene rings is 2. The van der Waals surface area contributed by atoms with Crippen molar-refractivity contribution in [2.24, 2.45) is 0 Å². The maximum absolute atomic E-state index is 12.7. The van der Waals surface area contributed by atoms with Gasteiger partial charge in [0.05, 0.1) is 17.3 Å². The van der Waals surface area contributed by atoms with Gasteiger partial charge in [-0.3, -0.25) is 4.79 Å². The Morgan fingerprint density at radius 2 is 2.00 bits per heavy atom. The predicted octanol–water partition coefficient (Wildman–Crippen LogP) is 4.35. The predicted molar refractivity (Wildman–Crippen MR) is 96.6 cm³/mol. The number of carbonyl (C=O) groups excluding carboxylic acids is 1. The number of carbonyl (C=O) groups is 1. The molecule has 1 heterocycles. The van der Waals surface area contributed by atoms with Crippen molar-refractivity contribution in [1.29, 1.82) is 0 Å². The monoisotopic (exact) mass is 343 g/mol. The number of ether oxygens (including phenoxy) is 1. The minimum atomic E-state index is -0.0889. The highest BCUT2D eigenvalue weighted by Crippen LogP contribution is 2.40. The number of rotatable bonds is 4. The third-order valence-electron chi connectivity index (χ3n) is 3.94. The molecular formula is C19H18ClNO3.